The van der Waals surface area contributed by atoms with Crippen LogP contribution in [0.1, 0.15) is 47.9 Å². The number of hydroxylamine groups is 2. The molecule has 9 unspecified atom stereocenters. The molecule has 2 saturated carbocycles. The van der Waals surface area contributed by atoms with Crippen LogP contribution in [0.3, 0.4) is 0 Å². The normalized spacial score (nSPS) is 35.4. The minimum atomic E-state index is -1.32. The van der Waals surface area contributed by atoms with Crippen molar-refractivity contribution in [2.45, 2.75) is 80.7 Å². The van der Waals surface area contributed by atoms with Gasteiger partial charge in [0.1, 0.15) is 29.8 Å². The number of esters is 1. The second kappa shape index (κ2) is 12.2. The number of hydrogen-bond acceptors (Lipinski definition) is 9. The number of fused-ring (bicyclic) bond motifs is 5. The minimum absolute atomic E-state index is 0.0489. The van der Waals surface area contributed by atoms with Crippen molar-refractivity contribution in [2.24, 2.45) is 11.3 Å². The van der Waals surface area contributed by atoms with E-state index >= 15 is 0 Å². The molecule has 0 radical (unpaired) electrons. The fourth-order valence-electron chi connectivity index (χ4n) is 8.79. The number of allylic oxidation sites excluding steroid dienone is 1. The maximum atomic E-state index is 14.2. The van der Waals surface area contributed by atoms with E-state index in [0.29, 0.717) is 18.1 Å². The quantitative estimate of drug-likeness (QED) is 0.260. The first-order valence-electron chi connectivity index (χ1n) is 17.4. The van der Waals surface area contributed by atoms with Crippen molar-refractivity contribution >= 4 is 18.0 Å². The zero-order valence-corrected chi connectivity index (χ0v) is 27.1. The van der Waals surface area contributed by atoms with Crippen LogP contribution in [0.15, 0.2) is 91.0 Å². The van der Waals surface area contributed by atoms with Crippen LogP contribution in [0.25, 0.3) is 6.08 Å². The molecule has 9 atom stereocenters. The summed E-state index contributed by atoms with van der Waals surface area (Å²) in [5.41, 5.74) is 2.26. The van der Waals surface area contributed by atoms with Crippen LogP contribution in [0.4, 0.5) is 0 Å². The number of carbonyl (C=O) groups is 2. The van der Waals surface area contributed by atoms with Gasteiger partial charge in [0.25, 0.3) is 0 Å². The van der Waals surface area contributed by atoms with E-state index in [1.54, 1.807) is 5.06 Å². The summed E-state index contributed by atoms with van der Waals surface area (Å²) in [6, 6.07) is 26.5. The molecular weight excluding hydrogens is 624 g/mol. The second-order valence-electron chi connectivity index (χ2n) is 14.1. The molecule has 3 aromatic rings. The Morgan fingerprint density at radius 2 is 1.61 bits per heavy atom. The molecule has 0 spiro atoms. The van der Waals surface area contributed by atoms with Gasteiger partial charge in [0.2, 0.25) is 11.7 Å². The van der Waals surface area contributed by atoms with Crippen LogP contribution in [0, 0.1) is 11.3 Å². The summed E-state index contributed by atoms with van der Waals surface area (Å²) in [6.45, 7) is 0.0693. The van der Waals surface area contributed by atoms with Crippen molar-refractivity contribution in [3.05, 3.63) is 113 Å². The lowest BCUT2D eigenvalue weighted by Gasteiger charge is -2.48. The SMILES string of the molecule is O=C1OC2CC3(C(=O)NCCO)C(ON(Cc4ccc(C=CC5CCC6OC6C5)cc4)C13)C1OC(c3ccccc3)(c3ccccc3)OC21. The smallest absolute Gasteiger partial charge is 0.327 e. The number of epoxide rings is 1. The third-order valence-electron chi connectivity index (χ3n) is 11.2. The maximum absolute atomic E-state index is 14.2. The van der Waals surface area contributed by atoms with Gasteiger partial charge in [-0.2, -0.15) is 5.06 Å². The number of benzene rings is 3. The molecule has 2 bridgehead atoms. The molecule has 254 valence electrons. The van der Waals surface area contributed by atoms with Gasteiger partial charge >= 0.3 is 5.97 Å². The highest BCUT2D eigenvalue weighted by atomic mass is 16.8. The number of carbonyl (C=O) groups excluding carboxylic acids is 2. The van der Waals surface area contributed by atoms with Crippen LogP contribution in [-0.2, 0) is 45.7 Å². The molecule has 10 heteroatoms. The van der Waals surface area contributed by atoms with Gasteiger partial charge in [-0.05, 0) is 36.3 Å². The van der Waals surface area contributed by atoms with Gasteiger partial charge in [-0.1, -0.05) is 97.1 Å². The first-order valence-corrected chi connectivity index (χ1v) is 17.4. The molecule has 6 fully saturated rings. The van der Waals surface area contributed by atoms with Gasteiger partial charge in [-0.15, -0.1) is 0 Å². The fourth-order valence-corrected chi connectivity index (χ4v) is 8.79. The van der Waals surface area contributed by atoms with Crippen LogP contribution in [-0.4, -0.2) is 77.9 Å². The van der Waals surface area contributed by atoms with E-state index in [9.17, 15) is 14.7 Å². The van der Waals surface area contributed by atoms with E-state index < -0.39 is 47.6 Å². The zero-order valence-electron chi connectivity index (χ0n) is 27.1. The van der Waals surface area contributed by atoms with Crippen LogP contribution in [0.2, 0.25) is 0 Å². The third kappa shape index (κ3) is 5.16. The molecule has 0 aromatic heterocycles. The number of aliphatic hydroxyl groups is 1. The predicted molar refractivity (Wildman–Crippen MR) is 176 cm³/mol. The highest BCUT2D eigenvalue weighted by molar-refractivity contribution is 5.93. The zero-order chi connectivity index (χ0) is 33.2. The van der Waals surface area contributed by atoms with Crippen LogP contribution < -0.4 is 5.32 Å². The van der Waals surface area contributed by atoms with E-state index in [2.05, 4.69) is 29.6 Å². The lowest BCUT2D eigenvalue weighted by Crippen LogP contribution is -2.69. The Morgan fingerprint density at radius 3 is 2.31 bits per heavy atom. The van der Waals surface area contributed by atoms with Crippen molar-refractivity contribution in [2.75, 3.05) is 13.2 Å². The summed E-state index contributed by atoms with van der Waals surface area (Å²) in [5.74, 6) is -1.69. The summed E-state index contributed by atoms with van der Waals surface area (Å²) in [5, 5.41) is 14.0. The second-order valence-corrected chi connectivity index (χ2v) is 14.1. The number of nitrogens with one attached hydrogen (secondary N) is 1. The number of nitrogens with zero attached hydrogens (tertiary/aromatic N) is 1. The molecule has 4 heterocycles. The average Bonchev–Trinajstić information content (AvgIpc) is 3.66. The molecule has 2 N–H and O–H groups in total. The lowest BCUT2D eigenvalue weighted by molar-refractivity contribution is -0.213. The molecule has 6 aliphatic rings. The Labute approximate surface area is 284 Å². The van der Waals surface area contributed by atoms with E-state index in [-0.39, 0.29) is 32.0 Å². The average molecular weight is 665 g/mol. The topological polar surface area (TPSA) is 119 Å². The summed E-state index contributed by atoms with van der Waals surface area (Å²) >= 11 is 0. The van der Waals surface area contributed by atoms with Crippen molar-refractivity contribution in [3.63, 3.8) is 0 Å². The monoisotopic (exact) mass is 664 g/mol. The standard InChI is InChI=1S/C39H40N2O8/c42-20-19-40-37(44)38-22-31-32-33(48-39(47-32,27-7-3-1-4-8-27)28-9-5-2-6-10-28)35(38)49-41(34(38)36(43)46-31)23-26-15-12-24(13-16-26)11-14-25-17-18-29-30(21-25)45-29/h1-16,25,29-35,42H,17-23H2,(H,40,44). The Bertz CT molecular complexity index is 1700. The molecule has 9 rings (SSSR count). The van der Waals surface area contributed by atoms with E-state index in [0.717, 1.165) is 41.5 Å². The molecule has 49 heavy (non-hydrogen) atoms. The largest absolute Gasteiger partial charge is 0.458 e. The van der Waals surface area contributed by atoms with Crippen molar-refractivity contribution in [3.8, 4) is 0 Å². The van der Waals surface area contributed by atoms with Gasteiger partial charge in [0.15, 0.2) is 6.04 Å². The third-order valence-corrected chi connectivity index (χ3v) is 11.2. The number of amides is 1. The molecule has 1 amide bonds. The molecule has 3 aromatic carbocycles. The Morgan fingerprint density at radius 1 is 0.898 bits per heavy atom. The number of ether oxygens (including phenoxy) is 4. The molecular formula is C39H40N2O8. The first kappa shape index (κ1) is 31.1. The summed E-state index contributed by atoms with van der Waals surface area (Å²) < 4.78 is 25.7. The summed E-state index contributed by atoms with van der Waals surface area (Å²) in [6.07, 6.45) is 5.93. The van der Waals surface area contributed by atoms with E-state index in [1.807, 2.05) is 72.8 Å². The van der Waals surface area contributed by atoms with Gasteiger partial charge < -0.3 is 29.4 Å². The number of aliphatic hydroxyl groups excluding tert-OH is 1. The number of rotatable bonds is 9. The van der Waals surface area contributed by atoms with E-state index in [4.69, 9.17) is 23.8 Å². The summed E-state index contributed by atoms with van der Waals surface area (Å²) in [7, 11) is 0. The Hall–Kier alpha value is -3.90. The van der Waals surface area contributed by atoms with Gasteiger partial charge in [0.05, 0.1) is 25.4 Å². The van der Waals surface area contributed by atoms with Crippen molar-refractivity contribution < 1.29 is 38.5 Å². The van der Waals surface area contributed by atoms with Crippen molar-refractivity contribution in [1.29, 1.82) is 0 Å². The Kier molecular flexibility index (Phi) is 7.72. The van der Waals surface area contributed by atoms with Crippen LogP contribution >= 0.6 is 0 Å². The minimum Gasteiger partial charge on any atom is -0.458 e. The summed E-state index contributed by atoms with van der Waals surface area (Å²) in [4.78, 5) is 34.9. The predicted octanol–water partition coefficient (Wildman–Crippen LogP) is 3.86. The molecule has 2 aliphatic carbocycles. The highest BCUT2D eigenvalue weighted by Gasteiger charge is 2.76. The Balaban J connectivity index is 1.03. The lowest BCUT2D eigenvalue weighted by atomic mass is 9.62. The molecule has 10 nitrogen and oxygen atoms in total. The number of hydrogen-bond donors (Lipinski definition) is 2. The molecule has 4 aliphatic heterocycles. The fraction of sp³-hybridized carbons (Fsp3) is 0.436. The van der Waals surface area contributed by atoms with Crippen LogP contribution in [0.5, 0.6) is 0 Å². The van der Waals surface area contributed by atoms with Gasteiger partial charge in [0, 0.05) is 24.1 Å². The molecule has 4 saturated heterocycles. The maximum Gasteiger partial charge on any atom is 0.327 e. The van der Waals surface area contributed by atoms with E-state index in [1.165, 1.54) is 0 Å². The highest BCUT2D eigenvalue weighted by Crippen LogP contribution is 2.59. The first-order chi connectivity index (χ1) is 24.0. The van der Waals surface area contributed by atoms with Crippen molar-refractivity contribution in [1.82, 2.24) is 10.4 Å². The van der Waals surface area contributed by atoms with Gasteiger partial charge in [-0.25, -0.2) is 0 Å². The van der Waals surface area contributed by atoms with Gasteiger partial charge in [-0.3, -0.25) is 14.4 Å².